The largest absolute Gasteiger partial charge is 0.346 e. The van der Waals surface area contributed by atoms with Crippen molar-refractivity contribution in [3.8, 4) is 0 Å². The first kappa shape index (κ1) is 16.7. The van der Waals surface area contributed by atoms with Crippen molar-refractivity contribution >= 4 is 17.2 Å². The normalized spacial score (nSPS) is 22.5. The van der Waals surface area contributed by atoms with Gasteiger partial charge in [0, 0.05) is 43.0 Å². The summed E-state index contributed by atoms with van der Waals surface area (Å²) >= 11 is 1.65. The van der Waals surface area contributed by atoms with Crippen LogP contribution >= 0.6 is 11.3 Å². The third kappa shape index (κ3) is 4.25. The third-order valence-corrected chi connectivity index (χ3v) is 5.99. The molecule has 2 aliphatic rings. The van der Waals surface area contributed by atoms with Gasteiger partial charge in [0.15, 0.2) is 0 Å². The van der Waals surface area contributed by atoms with Gasteiger partial charge in [0.1, 0.15) is 5.01 Å². The van der Waals surface area contributed by atoms with Crippen LogP contribution in [0.5, 0.6) is 0 Å². The van der Waals surface area contributed by atoms with Crippen molar-refractivity contribution in [3.05, 3.63) is 46.7 Å². The molecule has 1 amide bonds. The van der Waals surface area contributed by atoms with Gasteiger partial charge in [-0.1, -0.05) is 0 Å². The summed E-state index contributed by atoms with van der Waals surface area (Å²) in [5, 5.41) is 6.36. The van der Waals surface area contributed by atoms with Gasteiger partial charge in [0.2, 0.25) is 5.91 Å². The second-order valence-corrected chi connectivity index (χ2v) is 8.05. The second-order valence-electron chi connectivity index (χ2n) is 7.12. The summed E-state index contributed by atoms with van der Waals surface area (Å²) in [5.41, 5.74) is 1.29. The van der Waals surface area contributed by atoms with E-state index in [1.165, 1.54) is 5.56 Å². The first-order chi connectivity index (χ1) is 12.3. The van der Waals surface area contributed by atoms with Gasteiger partial charge in [-0.15, -0.1) is 11.3 Å². The fourth-order valence-electron chi connectivity index (χ4n) is 3.64. The van der Waals surface area contributed by atoms with Gasteiger partial charge in [-0.05, 0) is 55.8 Å². The van der Waals surface area contributed by atoms with E-state index in [9.17, 15) is 4.79 Å². The van der Waals surface area contributed by atoms with Gasteiger partial charge in [-0.3, -0.25) is 14.7 Å². The van der Waals surface area contributed by atoms with Crippen molar-refractivity contribution in [2.24, 2.45) is 11.8 Å². The number of piperidine rings is 1. The van der Waals surface area contributed by atoms with Crippen molar-refractivity contribution in [3.63, 3.8) is 0 Å². The molecule has 1 aliphatic carbocycles. The van der Waals surface area contributed by atoms with Crippen LogP contribution in [0.3, 0.4) is 0 Å². The lowest BCUT2D eigenvalue weighted by Crippen LogP contribution is -2.43. The molecule has 3 heterocycles. The molecule has 2 aromatic heterocycles. The van der Waals surface area contributed by atoms with Gasteiger partial charge in [-0.25, -0.2) is 4.98 Å². The van der Waals surface area contributed by atoms with Gasteiger partial charge >= 0.3 is 0 Å². The molecule has 0 bridgehead atoms. The van der Waals surface area contributed by atoms with Gasteiger partial charge in [0.05, 0.1) is 6.04 Å². The van der Waals surface area contributed by atoms with Crippen LogP contribution in [0.25, 0.3) is 0 Å². The topological polar surface area (TPSA) is 58.1 Å². The van der Waals surface area contributed by atoms with Gasteiger partial charge in [-0.2, -0.15) is 0 Å². The Morgan fingerprint density at radius 1 is 1.28 bits per heavy atom. The molecule has 6 heteroatoms. The Balaban J connectivity index is 1.45. The van der Waals surface area contributed by atoms with Crippen LogP contribution in [0.2, 0.25) is 0 Å². The molecule has 1 N–H and O–H groups in total. The van der Waals surface area contributed by atoms with E-state index in [1.807, 2.05) is 24.0 Å². The van der Waals surface area contributed by atoms with Crippen LogP contribution in [0, 0.1) is 11.8 Å². The zero-order valence-electron chi connectivity index (χ0n) is 14.3. The number of hydrogen-bond acceptors (Lipinski definition) is 5. The lowest BCUT2D eigenvalue weighted by atomic mass is 9.90. The van der Waals surface area contributed by atoms with Gasteiger partial charge < -0.3 is 5.32 Å². The van der Waals surface area contributed by atoms with Crippen LogP contribution in [-0.2, 0) is 11.3 Å². The lowest BCUT2D eigenvalue weighted by molar-refractivity contribution is -0.123. The number of likely N-dealkylation sites (tertiary alicyclic amines) is 1. The van der Waals surface area contributed by atoms with Crippen LogP contribution in [0.4, 0.5) is 0 Å². The zero-order valence-corrected chi connectivity index (χ0v) is 15.1. The van der Waals surface area contributed by atoms with Crippen molar-refractivity contribution in [2.75, 3.05) is 13.1 Å². The van der Waals surface area contributed by atoms with Crippen molar-refractivity contribution in [1.29, 1.82) is 0 Å². The first-order valence-corrected chi connectivity index (χ1v) is 9.98. The molecule has 0 unspecified atom stereocenters. The number of carbonyl (C=O) groups is 1. The van der Waals surface area contributed by atoms with E-state index >= 15 is 0 Å². The van der Waals surface area contributed by atoms with Crippen molar-refractivity contribution in [1.82, 2.24) is 20.2 Å². The molecule has 2 fully saturated rings. The van der Waals surface area contributed by atoms with E-state index in [4.69, 9.17) is 0 Å². The Labute approximate surface area is 152 Å². The highest BCUT2D eigenvalue weighted by Crippen LogP contribution is 2.34. The average Bonchev–Trinajstić information content (AvgIpc) is 3.36. The van der Waals surface area contributed by atoms with Crippen LogP contribution in [0.15, 0.2) is 36.1 Å². The minimum Gasteiger partial charge on any atom is -0.346 e. The third-order valence-electron chi connectivity index (χ3n) is 5.13. The summed E-state index contributed by atoms with van der Waals surface area (Å²) in [6, 6.07) is 4.21. The summed E-state index contributed by atoms with van der Waals surface area (Å²) in [7, 11) is 0. The van der Waals surface area contributed by atoms with E-state index < -0.39 is 0 Å². The Morgan fingerprint density at radius 2 is 2.12 bits per heavy atom. The number of rotatable bonds is 6. The van der Waals surface area contributed by atoms with Crippen molar-refractivity contribution < 1.29 is 4.79 Å². The number of pyridine rings is 1. The van der Waals surface area contributed by atoms with E-state index in [2.05, 4.69) is 32.3 Å². The molecule has 1 aliphatic heterocycles. The summed E-state index contributed by atoms with van der Waals surface area (Å²) in [4.78, 5) is 23.5. The number of amides is 1. The summed E-state index contributed by atoms with van der Waals surface area (Å²) in [5.74, 6) is 0.870. The molecule has 1 saturated heterocycles. The summed E-state index contributed by atoms with van der Waals surface area (Å²) in [6.45, 7) is 3.05. The molecular formula is C19H24N4OS. The number of thiazole rings is 1. The number of nitrogens with zero attached hydrogens (tertiary/aromatic N) is 3. The first-order valence-electron chi connectivity index (χ1n) is 9.10. The molecule has 1 saturated carbocycles. The molecule has 0 aromatic carbocycles. The minimum absolute atomic E-state index is 0.0494. The Bertz CT molecular complexity index is 687. The molecule has 2 atom stereocenters. The molecule has 25 heavy (non-hydrogen) atoms. The van der Waals surface area contributed by atoms with E-state index in [1.54, 1.807) is 11.3 Å². The molecule has 5 nitrogen and oxygen atoms in total. The maximum atomic E-state index is 12.4. The fraction of sp³-hybridized carbons (Fsp3) is 0.526. The van der Waals surface area contributed by atoms with E-state index in [0.29, 0.717) is 5.92 Å². The highest BCUT2D eigenvalue weighted by Gasteiger charge is 2.35. The Morgan fingerprint density at radius 3 is 2.84 bits per heavy atom. The highest BCUT2D eigenvalue weighted by molar-refractivity contribution is 7.09. The molecule has 2 aromatic rings. The predicted molar refractivity (Wildman–Crippen MR) is 98.0 cm³/mol. The fourth-order valence-corrected chi connectivity index (χ4v) is 4.42. The Hall–Kier alpha value is -1.79. The average molecular weight is 356 g/mol. The molecule has 132 valence electrons. The summed E-state index contributed by atoms with van der Waals surface area (Å²) < 4.78 is 0. The number of aromatic nitrogens is 2. The van der Waals surface area contributed by atoms with Crippen molar-refractivity contribution in [2.45, 2.75) is 38.3 Å². The molecule has 0 spiro atoms. The second kappa shape index (κ2) is 7.62. The van der Waals surface area contributed by atoms with Gasteiger partial charge in [0.25, 0.3) is 0 Å². The molecule has 4 rings (SSSR count). The standard InChI is InChI=1S/C19H24N4OS/c24-18(15-3-4-15)22-17(19-21-9-11-25-19)16-2-1-10-23(13-16)12-14-5-7-20-8-6-14/h5-9,11,15-17H,1-4,10,12-13H2,(H,22,24)/t16-,17+/m1/s1. The number of hydrogen-bond donors (Lipinski definition) is 1. The zero-order chi connectivity index (χ0) is 17.1. The monoisotopic (exact) mass is 356 g/mol. The predicted octanol–water partition coefficient (Wildman–Crippen LogP) is 3.02. The number of carbonyl (C=O) groups excluding carboxylic acids is 1. The SMILES string of the molecule is O=C(N[C@H](c1nccs1)[C@@H]1CCCN(Cc2ccncc2)C1)C1CC1. The smallest absolute Gasteiger partial charge is 0.223 e. The number of nitrogens with one attached hydrogen (secondary N) is 1. The molecular weight excluding hydrogens is 332 g/mol. The molecule has 0 radical (unpaired) electrons. The van der Waals surface area contributed by atoms with Crippen LogP contribution in [0.1, 0.15) is 42.3 Å². The van der Waals surface area contributed by atoms with Crippen LogP contribution in [-0.4, -0.2) is 33.9 Å². The maximum Gasteiger partial charge on any atom is 0.223 e. The summed E-state index contributed by atoms with van der Waals surface area (Å²) in [6.07, 6.45) is 9.92. The lowest BCUT2D eigenvalue weighted by Gasteiger charge is -2.36. The van der Waals surface area contributed by atoms with E-state index in [0.717, 1.165) is 50.3 Å². The van der Waals surface area contributed by atoms with Crippen LogP contribution < -0.4 is 5.32 Å². The minimum atomic E-state index is 0.0494. The quantitative estimate of drug-likeness (QED) is 0.864. The highest BCUT2D eigenvalue weighted by atomic mass is 32.1. The van der Waals surface area contributed by atoms with E-state index in [-0.39, 0.29) is 17.9 Å². The Kier molecular flexibility index (Phi) is 5.08. The maximum absolute atomic E-state index is 12.4.